The van der Waals surface area contributed by atoms with E-state index in [9.17, 15) is 27.2 Å². The van der Waals surface area contributed by atoms with E-state index in [1.54, 1.807) is 14.2 Å². The summed E-state index contributed by atoms with van der Waals surface area (Å²) in [4.78, 5) is 22.6. The quantitative estimate of drug-likeness (QED) is 0.405. The third-order valence-electron chi connectivity index (χ3n) is 3.14. The number of alkyl halides is 3. The van der Waals surface area contributed by atoms with Gasteiger partial charge < -0.3 is 4.74 Å². The highest BCUT2D eigenvalue weighted by Gasteiger charge is 2.34. The average Bonchev–Trinajstić information content (AvgIpc) is 2.58. The molecule has 2 rings (SSSR count). The lowest BCUT2D eigenvalue weighted by Gasteiger charge is -2.13. The molecule has 11 heteroatoms. The van der Waals surface area contributed by atoms with Crippen molar-refractivity contribution in [3.8, 4) is 11.3 Å². The summed E-state index contributed by atoms with van der Waals surface area (Å²) in [5.41, 5.74) is -3.22. The predicted molar refractivity (Wildman–Crippen MR) is 97.7 cm³/mol. The van der Waals surface area contributed by atoms with Crippen LogP contribution >= 0.6 is 23.2 Å². The first kappa shape index (κ1) is 23.8. The zero-order chi connectivity index (χ0) is 21.6. The van der Waals surface area contributed by atoms with Crippen molar-refractivity contribution < 1.29 is 27.1 Å². The molecular weight excluding hydrogens is 427 g/mol. The van der Waals surface area contributed by atoms with Crippen LogP contribution in [0, 0.1) is 5.82 Å². The zero-order valence-corrected chi connectivity index (χ0v) is 16.3. The summed E-state index contributed by atoms with van der Waals surface area (Å²) in [6.45, 7) is 0. The molecule has 5 nitrogen and oxygen atoms in total. The van der Waals surface area contributed by atoms with Crippen molar-refractivity contribution in [2.45, 2.75) is 6.18 Å². The second kappa shape index (κ2) is 9.81. The molecule has 0 spiro atoms. The molecule has 0 radical (unpaired) electrons. The van der Waals surface area contributed by atoms with E-state index in [0.29, 0.717) is 17.0 Å². The molecule has 1 aromatic heterocycles. The second-order valence-electron chi connectivity index (χ2n) is 5.27. The SMILES string of the molecule is COC.Cn1nc(-c2cc(/C=C(\Cl)C=O)c(Cl)cc2F)c(=O)cc1C(F)(F)F. The maximum atomic E-state index is 14.2. The number of halogens is 6. The van der Waals surface area contributed by atoms with E-state index in [0.717, 1.165) is 25.3 Å². The van der Waals surface area contributed by atoms with Gasteiger partial charge in [-0.15, -0.1) is 0 Å². The Bertz CT molecular complexity index is 957. The number of nitrogens with zero attached hydrogens (tertiary/aromatic N) is 2. The van der Waals surface area contributed by atoms with Crippen LogP contribution in [0.5, 0.6) is 0 Å². The van der Waals surface area contributed by atoms with Crippen LogP contribution in [0.15, 0.2) is 28.0 Å². The Morgan fingerprint density at radius 3 is 2.32 bits per heavy atom. The third-order valence-corrected chi connectivity index (χ3v) is 3.66. The summed E-state index contributed by atoms with van der Waals surface area (Å²) in [6, 6.07) is 2.24. The Morgan fingerprint density at radius 1 is 1.25 bits per heavy atom. The highest BCUT2D eigenvalue weighted by Crippen LogP contribution is 2.30. The largest absolute Gasteiger partial charge is 0.433 e. The van der Waals surface area contributed by atoms with Crippen LogP contribution in [0.1, 0.15) is 11.3 Å². The summed E-state index contributed by atoms with van der Waals surface area (Å²) >= 11 is 11.4. The molecule has 0 atom stereocenters. The van der Waals surface area contributed by atoms with Crippen molar-refractivity contribution in [2.24, 2.45) is 7.05 Å². The molecule has 0 aliphatic heterocycles. The first-order valence-electron chi connectivity index (χ1n) is 7.33. The van der Waals surface area contributed by atoms with Gasteiger partial charge in [-0.05, 0) is 23.8 Å². The van der Waals surface area contributed by atoms with Gasteiger partial charge in [-0.25, -0.2) is 4.39 Å². The van der Waals surface area contributed by atoms with Gasteiger partial charge in [-0.1, -0.05) is 23.2 Å². The van der Waals surface area contributed by atoms with E-state index in [4.69, 9.17) is 23.2 Å². The lowest BCUT2D eigenvalue weighted by molar-refractivity contribution is -0.144. The first-order chi connectivity index (χ1) is 13.0. The van der Waals surface area contributed by atoms with Crippen molar-refractivity contribution in [3.05, 3.63) is 55.6 Å². The molecule has 0 aliphatic rings. The number of benzene rings is 1. The van der Waals surface area contributed by atoms with Crippen molar-refractivity contribution in [3.63, 3.8) is 0 Å². The van der Waals surface area contributed by atoms with E-state index in [-0.39, 0.29) is 21.2 Å². The zero-order valence-electron chi connectivity index (χ0n) is 14.8. The normalized spacial score (nSPS) is 11.7. The molecule has 1 heterocycles. The fourth-order valence-corrected chi connectivity index (χ4v) is 2.35. The molecule has 0 saturated carbocycles. The van der Waals surface area contributed by atoms with Crippen molar-refractivity contribution in [1.29, 1.82) is 0 Å². The van der Waals surface area contributed by atoms with Gasteiger partial charge in [-0.3, -0.25) is 14.3 Å². The van der Waals surface area contributed by atoms with Crippen LogP contribution in [0.3, 0.4) is 0 Å². The number of hydrogen-bond donors (Lipinski definition) is 0. The van der Waals surface area contributed by atoms with Crippen molar-refractivity contribution in [2.75, 3.05) is 14.2 Å². The van der Waals surface area contributed by atoms with Gasteiger partial charge in [0.1, 0.15) is 17.2 Å². The van der Waals surface area contributed by atoms with E-state index in [1.165, 1.54) is 0 Å². The molecule has 0 amide bonds. The highest BCUT2D eigenvalue weighted by atomic mass is 35.5. The molecule has 0 N–H and O–H groups in total. The van der Waals surface area contributed by atoms with Crippen LogP contribution < -0.4 is 5.43 Å². The number of aldehydes is 1. The van der Waals surface area contributed by atoms with Crippen LogP contribution in [-0.4, -0.2) is 30.3 Å². The number of aryl methyl sites for hydroxylation is 1. The Balaban J connectivity index is 0.00000122. The van der Waals surface area contributed by atoms with Gasteiger partial charge in [0.05, 0.1) is 10.1 Å². The predicted octanol–water partition coefficient (Wildman–Crippen LogP) is 4.30. The third kappa shape index (κ3) is 5.88. The number of ether oxygens (including phenoxy) is 1. The number of rotatable bonds is 3. The number of hydrogen-bond acceptors (Lipinski definition) is 4. The Morgan fingerprint density at radius 2 is 1.82 bits per heavy atom. The van der Waals surface area contributed by atoms with E-state index < -0.39 is 28.8 Å². The number of carbonyl (C=O) groups is 1. The van der Waals surface area contributed by atoms with Gasteiger partial charge in [0.2, 0.25) is 5.43 Å². The summed E-state index contributed by atoms with van der Waals surface area (Å²) in [5.74, 6) is -0.964. The Kier molecular flexibility index (Phi) is 8.34. The standard InChI is InChI=1S/C15H8Cl2F4N2O2.C2H6O/c1-23-13(15(19,20)21)5-12(25)14(22-23)9-3-7(2-8(16)6-24)10(17)4-11(9)18;1-3-2/h2-6H,1H3;1-2H3/b8-2-;. The highest BCUT2D eigenvalue weighted by molar-refractivity contribution is 6.41. The summed E-state index contributed by atoms with van der Waals surface area (Å²) in [6.07, 6.45) is -3.35. The lowest BCUT2D eigenvalue weighted by atomic mass is 10.1. The molecular formula is C17H14Cl2F4N2O3. The van der Waals surface area contributed by atoms with Gasteiger partial charge in [-0.2, -0.15) is 18.3 Å². The Hall–Kier alpha value is -2.23. The Labute approximate surface area is 167 Å². The summed E-state index contributed by atoms with van der Waals surface area (Å²) in [7, 11) is 4.23. The maximum Gasteiger partial charge on any atom is 0.433 e. The van der Waals surface area contributed by atoms with E-state index >= 15 is 0 Å². The topological polar surface area (TPSA) is 61.2 Å². The van der Waals surface area contributed by atoms with Crippen LogP contribution in [0.25, 0.3) is 17.3 Å². The minimum absolute atomic E-state index is 0.0962. The summed E-state index contributed by atoms with van der Waals surface area (Å²) < 4.78 is 57.2. The number of aromatic nitrogens is 2. The number of allylic oxidation sites excluding steroid dienone is 1. The van der Waals surface area contributed by atoms with Gasteiger partial charge in [0, 0.05) is 32.9 Å². The number of carbonyl (C=O) groups excluding carboxylic acids is 1. The average molecular weight is 441 g/mol. The molecule has 2 aromatic rings. The molecule has 0 bridgehead atoms. The molecule has 1 aromatic carbocycles. The monoisotopic (exact) mass is 440 g/mol. The smallest absolute Gasteiger partial charge is 0.388 e. The fraction of sp³-hybridized carbons (Fsp3) is 0.235. The molecule has 0 aliphatic carbocycles. The van der Waals surface area contributed by atoms with E-state index in [1.807, 2.05) is 0 Å². The van der Waals surface area contributed by atoms with Crippen LogP contribution in [-0.2, 0) is 22.8 Å². The van der Waals surface area contributed by atoms with E-state index in [2.05, 4.69) is 9.84 Å². The minimum Gasteiger partial charge on any atom is -0.388 e. The molecule has 28 heavy (non-hydrogen) atoms. The first-order valence-corrected chi connectivity index (χ1v) is 8.09. The van der Waals surface area contributed by atoms with Crippen molar-refractivity contribution >= 4 is 35.6 Å². The second-order valence-corrected chi connectivity index (χ2v) is 6.12. The van der Waals surface area contributed by atoms with Gasteiger partial charge >= 0.3 is 6.18 Å². The van der Waals surface area contributed by atoms with Crippen LogP contribution in [0.2, 0.25) is 5.02 Å². The minimum atomic E-state index is -4.79. The van der Waals surface area contributed by atoms with Crippen molar-refractivity contribution in [1.82, 2.24) is 9.78 Å². The fourth-order valence-electron chi connectivity index (χ4n) is 2.03. The van der Waals surface area contributed by atoms with Gasteiger partial charge in [0.25, 0.3) is 0 Å². The molecule has 152 valence electrons. The maximum absolute atomic E-state index is 14.2. The van der Waals surface area contributed by atoms with Crippen LogP contribution in [0.4, 0.5) is 17.6 Å². The molecule has 0 saturated heterocycles. The van der Waals surface area contributed by atoms with Gasteiger partial charge in [0.15, 0.2) is 6.29 Å². The molecule has 0 fully saturated rings. The molecule has 0 unspecified atom stereocenters. The lowest BCUT2D eigenvalue weighted by Crippen LogP contribution is -2.22. The summed E-state index contributed by atoms with van der Waals surface area (Å²) in [5, 5.41) is 3.17. The number of methoxy groups -OCH3 is 1.